The van der Waals surface area contributed by atoms with Crippen molar-refractivity contribution in [1.29, 1.82) is 0 Å². The zero-order valence-corrected chi connectivity index (χ0v) is 10.6. The predicted molar refractivity (Wildman–Crippen MR) is 72.1 cm³/mol. The monoisotopic (exact) mass is 326 g/mol. The molecule has 2 N–H and O–H groups in total. The number of benzene rings is 2. The van der Waals surface area contributed by atoms with Crippen LogP contribution in [-0.2, 0) is 0 Å². The van der Waals surface area contributed by atoms with E-state index < -0.39 is 0 Å². The summed E-state index contributed by atoms with van der Waals surface area (Å²) in [5.41, 5.74) is 2.26. The first kappa shape index (κ1) is 11.3. The minimum absolute atomic E-state index is 0.221. The lowest BCUT2D eigenvalue weighted by atomic mass is 10.0. The van der Waals surface area contributed by atoms with Crippen molar-refractivity contribution in [1.82, 2.24) is 0 Å². The van der Waals surface area contributed by atoms with Crippen LogP contribution in [0.3, 0.4) is 0 Å². The molecule has 2 nitrogen and oxygen atoms in total. The lowest BCUT2D eigenvalue weighted by Gasteiger charge is -2.10. The highest BCUT2D eigenvalue weighted by molar-refractivity contribution is 14.1. The van der Waals surface area contributed by atoms with Crippen LogP contribution in [0, 0.1) is 0 Å². The van der Waals surface area contributed by atoms with Gasteiger partial charge in [0.05, 0.1) is 3.92 Å². The van der Waals surface area contributed by atoms with E-state index in [2.05, 4.69) is 22.6 Å². The largest absolute Gasteiger partial charge is 0.508 e. The van der Waals surface area contributed by atoms with Gasteiger partial charge < -0.3 is 10.2 Å². The van der Waals surface area contributed by atoms with Gasteiger partial charge in [0.2, 0.25) is 0 Å². The maximum atomic E-state index is 9.21. The molecule has 0 aliphatic rings. The molecular weight excluding hydrogens is 315 g/mol. The van der Waals surface area contributed by atoms with Crippen molar-refractivity contribution >= 4 is 22.6 Å². The molecule has 0 saturated carbocycles. The molecule has 0 heterocycles. The lowest BCUT2D eigenvalue weighted by molar-refractivity contribution is 0.475. The van der Waals surface area contributed by atoms with E-state index in [9.17, 15) is 10.2 Å². The number of hydrogen-bond donors (Lipinski definition) is 2. The highest BCUT2D eigenvalue weighted by Gasteiger charge is 2.09. The van der Waals surface area contributed by atoms with Crippen molar-refractivity contribution in [2.24, 2.45) is 0 Å². The molecule has 82 valence electrons. The van der Waals surface area contributed by atoms with Crippen molar-refractivity contribution in [3.05, 3.63) is 59.7 Å². The Kier molecular flexibility index (Phi) is 3.33. The average Bonchev–Trinajstić information content (AvgIpc) is 2.30. The number of alkyl halides is 1. The fourth-order valence-corrected chi connectivity index (χ4v) is 2.31. The van der Waals surface area contributed by atoms with Gasteiger partial charge in [-0.2, -0.15) is 0 Å². The van der Waals surface area contributed by atoms with Crippen molar-refractivity contribution in [3.8, 4) is 11.5 Å². The van der Waals surface area contributed by atoms with E-state index in [-0.39, 0.29) is 15.4 Å². The van der Waals surface area contributed by atoms with Crippen molar-refractivity contribution in [2.45, 2.75) is 3.92 Å². The molecule has 0 aliphatic carbocycles. The fourth-order valence-electron chi connectivity index (χ4n) is 1.48. The van der Waals surface area contributed by atoms with Crippen LogP contribution in [0.15, 0.2) is 48.5 Å². The summed E-state index contributed by atoms with van der Waals surface area (Å²) < 4.78 is 0.221. The second-order valence-corrected chi connectivity index (χ2v) is 4.79. The number of phenolic OH excluding ortho intramolecular Hbond substituents is 2. The maximum Gasteiger partial charge on any atom is 0.115 e. The van der Waals surface area contributed by atoms with Gasteiger partial charge in [0, 0.05) is 0 Å². The molecule has 16 heavy (non-hydrogen) atoms. The fraction of sp³-hybridized carbons (Fsp3) is 0.0769. The molecule has 0 aliphatic heterocycles. The van der Waals surface area contributed by atoms with Gasteiger partial charge in [-0.25, -0.2) is 0 Å². The van der Waals surface area contributed by atoms with Crippen LogP contribution >= 0.6 is 22.6 Å². The minimum Gasteiger partial charge on any atom is -0.508 e. The first-order valence-electron chi connectivity index (χ1n) is 4.89. The summed E-state index contributed by atoms with van der Waals surface area (Å²) in [6.07, 6.45) is 0. The Morgan fingerprint density at radius 1 is 0.688 bits per heavy atom. The Labute approximate surface area is 108 Å². The highest BCUT2D eigenvalue weighted by atomic mass is 127. The van der Waals surface area contributed by atoms with Crippen LogP contribution in [0.25, 0.3) is 0 Å². The minimum atomic E-state index is 0.221. The standard InChI is InChI=1S/C13H11IO2/c14-13(9-1-5-11(15)6-2-9)10-3-7-12(16)8-4-10/h1-8,13,15-16H. The van der Waals surface area contributed by atoms with E-state index in [1.165, 1.54) is 0 Å². The molecule has 0 fully saturated rings. The molecule has 0 amide bonds. The van der Waals surface area contributed by atoms with Gasteiger partial charge in [0.1, 0.15) is 11.5 Å². The van der Waals surface area contributed by atoms with Crippen molar-refractivity contribution < 1.29 is 10.2 Å². The van der Waals surface area contributed by atoms with Crippen LogP contribution in [0.4, 0.5) is 0 Å². The van der Waals surface area contributed by atoms with Crippen LogP contribution < -0.4 is 0 Å². The molecule has 3 heteroatoms. The molecular formula is C13H11IO2. The van der Waals surface area contributed by atoms with Crippen LogP contribution in [0.5, 0.6) is 11.5 Å². The molecule has 2 rings (SSSR count). The summed E-state index contributed by atoms with van der Waals surface area (Å²) in [6, 6.07) is 14.3. The Morgan fingerprint density at radius 3 is 1.31 bits per heavy atom. The topological polar surface area (TPSA) is 40.5 Å². The first-order chi connectivity index (χ1) is 7.66. The van der Waals surface area contributed by atoms with Crippen molar-refractivity contribution in [3.63, 3.8) is 0 Å². The molecule has 0 spiro atoms. The number of phenols is 2. The number of rotatable bonds is 2. The average molecular weight is 326 g/mol. The van der Waals surface area contributed by atoms with E-state index in [0.717, 1.165) is 11.1 Å². The van der Waals surface area contributed by atoms with Gasteiger partial charge in [0.15, 0.2) is 0 Å². The van der Waals surface area contributed by atoms with Crippen molar-refractivity contribution in [2.75, 3.05) is 0 Å². The molecule has 0 radical (unpaired) electrons. The summed E-state index contributed by atoms with van der Waals surface area (Å²) in [5, 5.41) is 18.4. The molecule has 2 aromatic carbocycles. The zero-order chi connectivity index (χ0) is 11.5. The number of halogens is 1. The quantitative estimate of drug-likeness (QED) is 0.654. The van der Waals surface area contributed by atoms with Crippen LogP contribution in [0.2, 0.25) is 0 Å². The van der Waals surface area contributed by atoms with Gasteiger partial charge in [0.25, 0.3) is 0 Å². The van der Waals surface area contributed by atoms with E-state index >= 15 is 0 Å². The maximum absolute atomic E-state index is 9.21. The smallest absolute Gasteiger partial charge is 0.115 e. The molecule has 0 bridgehead atoms. The third kappa shape index (κ3) is 2.47. The second kappa shape index (κ2) is 4.74. The summed E-state index contributed by atoms with van der Waals surface area (Å²) in [6.45, 7) is 0. The number of hydrogen-bond acceptors (Lipinski definition) is 2. The highest BCUT2D eigenvalue weighted by Crippen LogP contribution is 2.32. The summed E-state index contributed by atoms with van der Waals surface area (Å²) >= 11 is 2.33. The predicted octanol–water partition coefficient (Wildman–Crippen LogP) is 3.62. The van der Waals surface area contributed by atoms with Gasteiger partial charge in [-0.15, -0.1) is 0 Å². The van der Waals surface area contributed by atoms with E-state index in [1.54, 1.807) is 24.3 Å². The molecule has 2 aromatic rings. The molecule has 0 aromatic heterocycles. The third-order valence-corrected chi connectivity index (χ3v) is 3.81. The van der Waals surface area contributed by atoms with Gasteiger partial charge >= 0.3 is 0 Å². The molecule has 0 unspecified atom stereocenters. The third-order valence-electron chi connectivity index (χ3n) is 2.37. The van der Waals surface area contributed by atoms with Crippen LogP contribution in [0.1, 0.15) is 15.1 Å². The Hall–Kier alpha value is -1.23. The Bertz CT molecular complexity index is 417. The Balaban J connectivity index is 2.28. The first-order valence-corrected chi connectivity index (χ1v) is 6.13. The molecule has 0 atom stereocenters. The normalized spacial score (nSPS) is 10.6. The second-order valence-electron chi connectivity index (χ2n) is 3.55. The summed E-state index contributed by atoms with van der Waals surface area (Å²) in [4.78, 5) is 0. The molecule has 0 saturated heterocycles. The number of aromatic hydroxyl groups is 2. The summed E-state index contributed by atoms with van der Waals surface area (Å²) in [7, 11) is 0. The van der Waals surface area contributed by atoms with E-state index in [1.807, 2.05) is 24.3 Å². The van der Waals surface area contributed by atoms with E-state index in [4.69, 9.17) is 0 Å². The van der Waals surface area contributed by atoms with E-state index in [0.29, 0.717) is 0 Å². The Morgan fingerprint density at radius 2 is 1.00 bits per heavy atom. The van der Waals surface area contributed by atoms with Gasteiger partial charge in [-0.1, -0.05) is 46.9 Å². The summed E-state index contributed by atoms with van der Waals surface area (Å²) in [5.74, 6) is 0.552. The van der Waals surface area contributed by atoms with Gasteiger partial charge in [-0.05, 0) is 35.4 Å². The van der Waals surface area contributed by atoms with Gasteiger partial charge in [-0.3, -0.25) is 0 Å². The van der Waals surface area contributed by atoms with Crippen LogP contribution in [-0.4, -0.2) is 10.2 Å². The lowest BCUT2D eigenvalue weighted by Crippen LogP contribution is -1.91. The zero-order valence-electron chi connectivity index (χ0n) is 8.47. The SMILES string of the molecule is Oc1ccc(C(I)c2ccc(O)cc2)cc1.